The first-order chi connectivity index (χ1) is 13.6. The molecule has 28 heavy (non-hydrogen) atoms. The first kappa shape index (κ1) is 19.7. The molecule has 2 heterocycles. The van der Waals surface area contributed by atoms with Gasteiger partial charge in [-0.15, -0.1) is 0 Å². The third-order valence-corrected chi connectivity index (χ3v) is 4.41. The van der Waals surface area contributed by atoms with Crippen molar-refractivity contribution >= 4 is 11.9 Å². The van der Waals surface area contributed by atoms with Crippen molar-refractivity contribution in [1.29, 1.82) is 0 Å². The average molecular weight is 386 g/mol. The monoisotopic (exact) mass is 386 g/mol. The van der Waals surface area contributed by atoms with E-state index >= 15 is 0 Å². The summed E-state index contributed by atoms with van der Waals surface area (Å²) in [7, 11) is 0. The van der Waals surface area contributed by atoms with E-state index in [0.29, 0.717) is 62.1 Å². The lowest BCUT2D eigenvalue weighted by molar-refractivity contribution is 0.0730. The summed E-state index contributed by atoms with van der Waals surface area (Å²) in [6, 6.07) is 3.42. The first-order valence-corrected chi connectivity index (χ1v) is 9.53. The Bertz CT molecular complexity index is 829. The molecule has 0 unspecified atom stereocenters. The number of ether oxygens (including phenoxy) is 3. The number of nitrogen functional groups attached to an aromatic ring is 1. The van der Waals surface area contributed by atoms with E-state index in [-0.39, 0.29) is 11.9 Å². The molecule has 1 aliphatic heterocycles. The summed E-state index contributed by atoms with van der Waals surface area (Å²) >= 11 is 0. The maximum absolute atomic E-state index is 13.2. The number of aromatic nitrogens is 2. The highest BCUT2D eigenvalue weighted by molar-refractivity contribution is 5.95. The van der Waals surface area contributed by atoms with E-state index in [4.69, 9.17) is 19.9 Å². The van der Waals surface area contributed by atoms with E-state index in [9.17, 15) is 4.79 Å². The predicted octanol–water partition coefficient (Wildman–Crippen LogP) is 2.45. The maximum atomic E-state index is 13.2. The van der Waals surface area contributed by atoms with E-state index in [1.54, 1.807) is 23.2 Å². The molecule has 0 radical (unpaired) electrons. The lowest BCUT2D eigenvalue weighted by atomic mass is 10.1. The zero-order valence-electron chi connectivity index (χ0n) is 16.5. The molecule has 3 rings (SSSR count). The molecule has 0 atom stereocenters. The van der Waals surface area contributed by atoms with Crippen LogP contribution < -0.4 is 19.9 Å². The SMILES string of the molecule is CCOc1cc(C(=O)N2CCc3cnc(N)nc3C2)cc(OCC)c1OCC. The van der Waals surface area contributed by atoms with Crippen molar-refractivity contribution in [3.05, 3.63) is 35.2 Å². The van der Waals surface area contributed by atoms with Crippen LogP contribution in [0.1, 0.15) is 42.4 Å². The summed E-state index contributed by atoms with van der Waals surface area (Å²) in [5, 5.41) is 0. The molecule has 8 heteroatoms. The standard InChI is InChI=1S/C20H26N4O4/c1-4-26-16-9-14(10-17(27-5-2)18(16)28-6-3)19(25)24-8-7-13-11-22-20(21)23-15(13)12-24/h9-11H,4-8,12H2,1-3H3,(H2,21,22,23). The van der Waals surface area contributed by atoms with Crippen molar-refractivity contribution in [3.8, 4) is 17.2 Å². The van der Waals surface area contributed by atoms with Gasteiger partial charge in [-0.05, 0) is 44.9 Å². The molecule has 8 nitrogen and oxygen atoms in total. The number of rotatable bonds is 7. The minimum atomic E-state index is -0.118. The topological polar surface area (TPSA) is 99.8 Å². The highest BCUT2D eigenvalue weighted by Crippen LogP contribution is 2.39. The molecule has 0 spiro atoms. The minimum absolute atomic E-state index is 0.118. The van der Waals surface area contributed by atoms with E-state index in [1.165, 1.54) is 0 Å². The summed E-state index contributed by atoms with van der Waals surface area (Å²) in [5.74, 6) is 1.62. The Morgan fingerprint density at radius 2 is 1.75 bits per heavy atom. The van der Waals surface area contributed by atoms with Gasteiger partial charge in [-0.3, -0.25) is 4.79 Å². The van der Waals surface area contributed by atoms with E-state index in [0.717, 1.165) is 11.3 Å². The van der Waals surface area contributed by atoms with Crippen LogP contribution in [0, 0.1) is 0 Å². The number of hydrogen-bond donors (Lipinski definition) is 1. The fraction of sp³-hybridized carbons (Fsp3) is 0.450. The summed E-state index contributed by atoms with van der Waals surface area (Å²) in [6.45, 7) is 8.02. The molecule has 1 aliphatic rings. The summed E-state index contributed by atoms with van der Waals surface area (Å²) < 4.78 is 17.1. The molecule has 0 saturated heterocycles. The van der Waals surface area contributed by atoms with Crippen molar-refractivity contribution in [2.24, 2.45) is 0 Å². The molecule has 2 N–H and O–H groups in total. The number of nitrogens with two attached hydrogens (primary N) is 1. The fourth-order valence-corrected chi connectivity index (χ4v) is 3.19. The van der Waals surface area contributed by atoms with Crippen LogP contribution in [0.25, 0.3) is 0 Å². The Hall–Kier alpha value is -3.03. The van der Waals surface area contributed by atoms with Crippen LogP contribution in [-0.2, 0) is 13.0 Å². The molecular weight excluding hydrogens is 360 g/mol. The Kier molecular flexibility index (Phi) is 6.18. The Morgan fingerprint density at radius 3 is 2.36 bits per heavy atom. The van der Waals surface area contributed by atoms with Gasteiger partial charge in [0.15, 0.2) is 11.5 Å². The second-order valence-corrected chi connectivity index (χ2v) is 6.28. The number of benzene rings is 1. The molecule has 0 bridgehead atoms. The Morgan fingerprint density at radius 1 is 1.11 bits per heavy atom. The predicted molar refractivity (Wildman–Crippen MR) is 105 cm³/mol. The zero-order valence-corrected chi connectivity index (χ0v) is 16.5. The Labute approximate surface area is 164 Å². The van der Waals surface area contributed by atoms with Crippen molar-refractivity contribution in [3.63, 3.8) is 0 Å². The van der Waals surface area contributed by atoms with Crippen molar-refractivity contribution in [2.45, 2.75) is 33.7 Å². The highest BCUT2D eigenvalue weighted by Gasteiger charge is 2.26. The second-order valence-electron chi connectivity index (χ2n) is 6.28. The van der Waals surface area contributed by atoms with Crippen LogP contribution in [-0.4, -0.2) is 47.1 Å². The number of anilines is 1. The number of amides is 1. The van der Waals surface area contributed by atoms with Crippen LogP contribution in [0.15, 0.2) is 18.3 Å². The van der Waals surface area contributed by atoms with Gasteiger partial charge in [0.2, 0.25) is 11.7 Å². The van der Waals surface area contributed by atoms with Crippen LogP contribution in [0.4, 0.5) is 5.95 Å². The van der Waals surface area contributed by atoms with E-state index in [2.05, 4.69) is 9.97 Å². The molecule has 0 aliphatic carbocycles. The maximum Gasteiger partial charge on any atom is 0.254 e. The highest BCUT2D eigenvalue weighted by atomic mass is 16.5. The van der Waals surface area contributed by atoms with E-state index < -0.39 is 0 Å². The van der Waals surface area contributed by atoms with Crippen molar-refractivity contribution in [1.82, 2.24) is 14.9 Å². The molecule has 150 valence electrons. The molecule has 1 amide bonds. The van der Waals surface area contributed by atoms with Crippen LogP contribution in [0.3, 0.4) is 0 Å². The van der Waals surface area contributed by atoms with Gasteiger partial charge in [0, 0.05) is 18.3 Å². The normalized spacial score (nSPS) is 13.0. The van der Waals surface area contributed by atoms with Gasteiger partial charge in [-0.25, -0.2) is 9.97 Å². The minimum Gasteiger partial charge on any atom is -0.490 e. The lowest BCUT2D eigenvalue weighted by Crippen LogP contribution is -2.36. The van der Waals surface area contributed by atoms with Gasteiger partial charge in [0.05, 0.1) is 32.1 Å². The molecule has 0 saturated carbocycles. The number of carbonyl (C=O) groups is 1. The molecule has 2 aromatic rings. The molecule has 0 fully saturated rings. The summed E-state index contributed by atoms with van der Waals surface area (Å²) in [5.41, 5.74) is 7.99. The summed E-state index contributed by atoms with van der Waals surface area (Å²) in [4.78, 5) is 23.2. The zero-order chi connectivity index (χ0) is 20.1. The number of carbonyl (C=O) groups excluding carboxylic acids is 1. The average Bonchev–Trinajstić information content (AvgIpc) is 2.69. The largest absolute Gasteiger partial charge is 0.490 e. The van der Waals surface area contributed by atoms with Gasteiger partial charge < -0.3 is 24.8 Å². The van der Waals surface area contributed by atoms with Gasteiger partial charge >= 0.3 is 0 Å². The van der Waals surface area contributed by atoms with Crippen LogP contribution >= 0.6 is 0 Å². The molecular formula is C20H26N4O4. The lowest BCUT2D eigenvalue weighted by Gasteiger charge is -2.28. The van der Waals surface area contributed by atoms with E-state index in [1.807, 2.05) is 20.8 Å². The number of nitrogens with zero attached hydrogens (tertiary/aromatic N) is 3. The van der Waals surface area contributed by atoms with Gasteiger partial charge in [-0.2, -0.15) is 0 Å². The quantitative estimate of drug-likeness (QED) is 0.780. The number of fused-ring (bicyclic) bond motifs is 1. The Balaban J connectivity index is 1.92. The van der Waals surface area contributed by atoms with Crippen LogP contribution in [0.2, 0.25) is 0 Å². The third kappa shape index (κ3) is 4.11. The molecule has 1 aromatic carbocycles. The van der Waals surface area contributed by atoms with Gasteiger partial charge in [0.1, 0.15) is 0 Å². The second kappa shape index (κ2) is 8.77. The van der Waals surface area contributed by atoms with Gasteiger partial charge in [0.25, 0.3) is 5.91 Å². The van der Waals surface area contributed by atoms with Gasteiger partial charge in [-0.1, -0.05) is 0 Å². The fourth-order valence-electron chi connectivity index (χ4n) is 3.19. The molecule has 1 aromatic heterocycles. The smallest absolute Gasteiger partial charge is 0.254 e. The first-order valence-electron chi connectivity index (χ1n) is 9.53. The third-order valence-electron chi connectivity index (χ3n) is 4.41. The summed E-state index contributed by atoms with van der Waals surface area (Å²) in [6.07, 6.45) is 2.42. The van der Waals surface area contributed by atoms with Crippen molar-refractivity contribution in [2.75, 3.05) is 32.1 Å². The van der Waals surface area contributed by atoms with Crippen molar-refractivity contribution < 1.29 is 19.0 Å². The van der Waals surface area contributed by atoms with Crippen LogP contribution in [0.5, 0.6) is 17.2 Å². The number of hydrogen-bond acceptors (Lipinski definition) is 7.